The lowest BCUT2D eigenvalue weighted by Crippen LogP contribution is -2.31. The molecule has 6 heteroatoms. The zero-order valence-electron chi connectivity index (χ0n) is 11.0. The molecule has 1 aromatic heterocycles. The third-order valence-corrected chi connectivity index (χ3v) is 5.51. The summed E-state index contributed by atoms with van der Waals surface area (Å²) in [5.74, 6) is 1.24. The smallest absolute Gasteiger partial charge is 0.242 e. The Morgan fingerprint density at radius 1 is 1.32 bits per heavy atom. The van der Waals surface area contributed by atoms with E-state index in [2.05, 4.69) is 32.6 Å². The van der Waals surface area contributed by atoms with Gasteiger partial charge in [-0.1, -0.05) is 19.8 Å². The van der Waals surface area contributed by atoms with E-state index in [-0.39, 0.29) is 4.90 Å². The van der Waals surface area contributed by atoms with E-state index < -0.39 is 10.0 Å². The van der Waals surface area contributed by atoms with Crippen LogP contribution in [0.4, 0.5) is 0 Å². The van der Waals surface area contributed by atoms with Gasteiger partial charge in [-0.3, -0.25) is 4.98 Å². The summed E-state index contributed by atoms with van der Waals surface area (Å²) < 4.78 is 27.6. The predicted molar refractivity (Wildman–Crippen MR) is 78.2 cm³/mol. The van der Waals surface area contributed by atoms with Crippen LogP contribution in [0.5, 0.6) is 0 Å². The number of nitrogens with one attached hydrogen (secondary N) is 1. The van der Waals surface area contributed by atoms with Gasteiger partial charge in [-0.25, -0.2) is 13.1 Å². The van der Waals surface area contributed by atoms with Crippen LogP contribution in [-0.2, 0) is 10.0 Å². The highest BCUT2D eigenvalue weighted by Gasteiger charge is 2.21. The molecule has 1 aliphatic carbocycles. The van der Waals surface area contributed by atoms with Crippen LogP contribution in [0.3, 0.4) is 0 Å². The molecule has 0 atom stereocenters. The number of pyridine rings is 1. The van der Waals surface area contributed by atoms with Gasteiger partial charge in [0.2, 0.25) is 10.0 Å². The molecular weight excluding hydrogens is 328 g/mol. The summed E-state index contributed by atoms with van der Waals surface area (Å²) >= 11 is 3.23. The normalized spacial score (nSPS) is 24.3. The lowest BCUT2D eigenvalue weighted by molar-refractivity contribution is 0.290. The summed E-state index contributed by atoms with van der Waals surface area (Å²) in [6.45, 7) is 2.79. The summed E-state index contributed by atoms with van der Waals surface area (Å²) in [5, 5.41) is 0. The van der Waals surface area contributed by atoms with Gasteiger partial charge < -0.3 is 0 Å². The minimum atomic E-state index is -3.44. The Morgan fingerprint density at radius 3 is 2.63 bits per heavy atom. The van der Waals surface area contributed by atoms with Crippen LogP contribution in [-0.4, -0.2) is 19.9 Å². The molecule has 4 nitrogen and oxygen atoms in total. The van der Waals surface area contributed by atoms with Crippen LogP contribution in [0, 0.1) is 11.8 Å². The molecule has 1 aliphatic rings. The van der Waals surface area contributed by atoms with Crippen molar-refractivity contribution in [1.82, 2.24) is 9.71 Å². The maximum Gasteiger partial charge on any atom is 0.242 e. The summed E-state index contributed by atoms with van der Waals surface area (Å²) in [5.41, 5.74) is 0. The fraction of sp³-hybridized carbons (Fsp3) is 0.615. The van der Waals surface area contributed by atoms with Crippen molar-refractivity contribution in [2.45, 2.75) is 37.5 Å². The van der Waals surface area contributed by atoms with Crippen molar-refractivity contribution in [2.75, 3.05) is 6.54 Å². The lowest BCUT2D eigenvalue weighted by Gasteiger charge is -2.26. The molecule has 2 rings (SSSR count). The van der Waals surface area contributed by atoms with Crippen LogP contribution in [0.15, 0.2) is 27.8 Å². The second-order valence-corrected chi connectivity index (χ2v) is 8.00. The Labute approximate surface area is 123 Å². The second kappa shape index (κ2) is 6.33. The zero-order valence-corrected chi connectivity index (χ0v) is 13.4. The van der Waals surface area contributed by atoms with E-state index in [1.165, 1.54) is 19.0 Å². The molecule has 1 heterocycles. The van der Waals surface area contributed by atoms with Crippen molar-refractivity contribution in [3.63, 3.8) is 0 Å². The van der Waals surface area contributed by atoms with Gasteiger partial charge in [0, 0.05) is 23.4 Å². The van der Waals surface area contributed by atoms with Crippen molar-refractivity contribution in [3.8, 4) is 0 Å². The second-order valence-electron chi connectivity index (χ2n) is 5.32. The Balaban J connectivity index is 1.95. The van der Waals surface area contributed by atoms with E-state index in [0.29, 0.717) is 16.9 Å². The van der Waals surface area contributed by atoms with Crippen molar-refractivity contribution in [3.05, 3.63) is 22.9 Å². The first-order valence-corrected chi connectivity index (χ1v) is 8.85. The van der Waals surface area contributed by atoms with Crippen molar-refractivity contribution in [2.24, 2.45) is 11.8 Å². The first kappa shape index (κ1) is 14.9. The fourth-order valence-electron chi connectivity index (χ4n) is 2.38. The molecule has 0 aromatic carbocycles. The number of nitrogens with zero attached hydrogens (tertiary/aromatic N) is 1. The van der Waals surface area contributed by atoms with Crippen LogP contribution < -0.4 is 4.72 Å². The average molecular weight is 347 g/mol. The number of rotatable bonds is 4. The third kappa shape index (κ3) is 4.26. The van der Waals surface area contributed by atoms with Gasteiger partial charge in [0.15, 0.2) is 0 Å². The molecule has 0 aliphatic heterocycles. The standard InChI is InChI=1S/C13H19BrN2O2S/c1-10-2-4-11(5-3-10)7-16-19(17,18)13-6-12(14)8-15-9-13/h6,8-11,16H,2-5,7H2,1H3. The summed E-state index contributed by atoms with van der Waals surface area (Å²) in [4.78, 5) is 4.10. The molecule has 0 amide bonds. The van der Waals surface area contributed by atoms with Gasteiger partial charge in [0.25, 0.3) is 0 Å². The Morgan fingerprint density at radius 2 is 2.00 bits per heavy atom. The molecule has 1 aromatic rings. The van der Waals surface area contributed by atoms with Crippen molar-refractivity contribution in [1.29, 1.82) is 0 Å². The number of halogens is 1. The predicted octanol–water partition coefficient (Wildman–Crippen LogP) is 2.95. The minimum absolute atomic E-state index is 0.214. The van der Waals surface area contributed by atoms with Gasteiger partial charge in [0.05, 0.1) is 0 Å². The number of aromatic nitrogens is 1. The maximum atomic E-state index is 12.1. The molecule has 106 valence electrons. The molecule has 0 radical (unpaired) electrons. The first-order valence-electron chi connectivity index (χ1n) is 6.57. The average Bonchev–Trinajstić information content (AvgIpc) is 2.38. The molecule has 0 bridgehead atoms. The van der Waals surface area contributed by atoms with Gasteiger partial charge in [0.1, 0.15) is 4.90 Å². The number of hydrogen-bond acceptors (Lipinski definition) is 3. The molecular formula is C13H19BrN2O2S. The van der Waals surface area contributed by atoms with Gasteiger partial charge >= 0.3 is 0 Å². The van der Waals surface area contributed by atoms with E-state index in [9.17, 15) is 8.42 Å². The van der Waals surface area contributed by atoms with Gasteiger partial charge in [-0.2, -0.15) is 0 Å². The number of hydrogen-bond donors (Lipinski definition) is 1. The van der Waals surface area contributed by atoms with E-state index in [4.69, 9.17) is 0 Å². The van der Waals surface area contributed by atoms with E-state index >= 15 is 0 Å². The zero-order chi connectivity index (χ0) is 13.9. The van der Waals surface area contributed by atoms with E-state index in [1.807, 2.05) is 0 Å². The summed E-state index contributed by atoms with van der Waals surface area (Å²) in [6.07, 6.45) is 7.56. The van der Waals surface area contributed by atoms with Crippen molar-refractivity contribution >= 4 is 26.0 Å². The third-order valence-electron chi connectivity index (χ3n) is 3.69. The molecule has 1 saturated carbocycles. The van der Waals surface area contributed by atoms with Crippen LogP contribution in [0.2, 0.25) is 0 Å². The minimum Gasteiger partial charge on any atom is -0.262 e. The highest BCUT2D eigenvalue weighted by molar-refractivity contribution is 9.10. The highest BCUT2D eigenvalue weighted by Crippen LogP contribution is 2.28. The Bertz CT molecular complexity index is 525. The molecule has 0 unspecified atom stereocenters. The van der Waals surface area contributed by atoms with Gasteiger partial charge in [-0.15, -0.1) is 0 Å². The molecule has 0 saturated heterocycles. The van der Waals surface area contributed by atoms with Crippen LogP contribution in [0.1, 0.15) is 32.6 Å². The Kier molecular flexibility index (Phi) is 4.97. The largest absolute Gasteiger partial charge is 0.262 e. The first-order chi connectivity index (χ1) is 8.97. The fourth-order valence-corrected chi connectivity index (χ4v) is 4.00. The van der Waals surface area contributed by atoms with Crippen molar-refractivity contribution < 1.29 is 8.42 Å². The Hall–Kier alpha value is -0.460. The number of sulfonamides is 1. The van der Waals surface area contributed by atoms with Crippen LogP contribution in [0.25, 0.3) is 0 Å². The maximum absolute atomic E-state index is 12.1. The molecule has 1 fully saturated rings. The van der Waals surface area contributed by atoms with E-state index in [0.717, 1.165) is 18.8 Å². The van der Waals surface area contributed by atoms with Gasteiger partial charge in [-0.05, 0) is 46.7 Å². The quantitative estimate of drug-likeness (QED) is 0.911. The molecule has 19 heavy (non-hydrogen) atoms. The summed E-state index contributed by atoms with van der Waals surface area (Å²) in [7, 11) is -3.44. The monoisotopic (exact) mass is 346 g/mol. The summed E-state index contributed by atoms with van der Waals surface area (Å²) in [6, 6.07) is 1.57. The SMILES string of the molecule is CC1CCC(CNS(=O)(=O)c2cncc(Br)c2)CC1. The van der Waals surface area contributed by atoms with Crippen LogP contribution >= 0.6 is 15.9 Å². The highest BCUT2D eigenvalue weighted by atomic mass is 79.9. The lowest BCUT2D eigenvalue weighted by atomic mass is 9.83. The molecule has 1 N–H and O–H groups in total. The topological polar surface area (TPSA) is 59.1 Å². The van der Waals surface area contributed by atoms with E-state index in [1.54, 1.807) is 12.3 Å². The molecule has 0 spiro atoms.